The first-order valence-electron chi connectivity index (χ1n) is 6.52. The predicted octanol–water partition coefficient (Wildman–Crippen LogP) is 2.24. The van der Waals surface area contributed by atoms with Gasteiger partial charge in [0.25, 0.3) is 0 Å². The van der Waals surface area contributed by atoms with Crippen LogP contribution in [0.1, 0.15) is 11.8 Å². The molecule has 1 aliphatic heterocycles. The first kappa shape index (κ1) is 14.5. The number of nitrogens with one attached hydrogen (secondary N) is 1. The molecule has 18 heavy (non-hydrogen) atoms. The fourth-order valence-electron chi connectivity index (χ4n) is 2.24. The molecule has 0 saturated carbocycles. The summed E-state index contributed by atoms with van der Waals surface area (Å²) in [6, 6.07) is 2.74. The fraction of sp³-hybridized carbons (Fsp3) is 0.692. The zero-order valence-corrected chi connectivity index (χ0v) is 13.6. The molecule has 3 nitrogen and oxygen atoms in total. The Hall–Kier alpha value is 0.0600. The van der Waals surface area contributed by atoms with Crippen LogP contribution in [0.4, 0.5) is 0 Å². The predicted molar refractivity (Wildman–Crippen MR) is 82.3 cm³/mol. The van der Waals surface area contributed by atoms with Crippen molar-refractivity contribution < 1.29 is 0 Å². The molecular formula is C13H22BrN3S. The van der Waals surface area contributed by atoms with Crippen LogP contribution < -0.4 is 5.32 Å². The number of rotatable bonds is 5. The van der Waals surface area contributed by atoms with Gasteiger partial charge < -0.3 is 10.2 Å². The normalized spacial score (nSPS) is 20.2. The highest BCUT2D eigenvalue weighted by atomic mass is 79.9. The largest absolute Gasteiger partial charge is 0.310 e. The van der Waals surface area contributed by atoms with Crippen molar-refractivity contribution in [2.75, 3.05) is 39.8 Å². The molecule has 102 valence electrons. The quantitative estimate of drug-likeness (QED) is 0.892. The summed E-state index contributed by atoms with van der Waals surface area (Å²) < 4.78 is 1.23. The summed E-state index contributed by atoms with van der Waals surface area (Å²) in [6.07, 6.45) is 0. The Balaban J connectivity index is 1.68. The molecule has 0 aliphatic carbocycles. The topological polar surface area (TPSA) is 18.5 Å². The van der Waals surface area contributed by atoms with Gasteiger partial charge in [0.2, 0.25) is 0 Å². The minimum Gasteiger partial charge on any atom is -0.310 e. The maximum atomic E-state index is 3.57. The van der Waals surface area contributed by atoms with Crippen molar-refractivity contribution in [2.24, 2.45) is 0 Å². The molecule has 1 aromatic heterocycles. The van der Waals surface area contributed by atoms with Crippen LogP contribution >= 0.6 is 27.3 Å². The van der Waals surface area contributed by atoms with Gasteiger partial charge in [-0.1, -0.05) is 0 Å². The lowest BCUT2D eigenvalue weighted by Crippen LogP contribution is -2.50. The highest BCUT2D eigenvalue weighted by Gasteiger charge is 2.18. The van der Waals surface area contributed by atoms with Gasteiger partial charge in [-0.25, -0.2) is 0 Å². The molecule has 0 radical (unpaired) electrons. The summed E-state index contributed by atoms with van der Waals surface area (Å²) >= 11 is 5.38. The van der Waals surface area contributed by atoms with Crippen LogP contribution in [0.2, 0.25) is 0 Å². The second kappa shape index (κ2) is 7.01. The zero-order valence-electron chi connectivity index (χ0n) is 11.2. The van der Waals surface area contributed by atoms with Crippen molar-refractivity contribution in [1.82, 2.24) is 15.1 Å². The third kappa shape index (κ3) is 4.03. The van der Waals surface area contributed by atoms with Crippen molar-refractivity contribution >= 4 is 27.3 Å². The summed E-state index contributed by atoms with van der Waals surface area (Å²) in [6.45, 7) is 9.14. The van der Waals surface area contributed by atoms with E-state index in [1.807, 2.05) is 11.3 Å². The van der Waals surface area contributed by atoms with Crippen LogP contribution in [-0.2, 0) is 6.54 Å². The second-order valence-corrected chi connectivity index (χ2v) is 6.87. The van der Waals surface area contributed by atoms with Gasteiger partial charge in [0.1, 0.15) is 0 Å². The van der Waals surface area contributed by atoms with Crippen LogP contribution in [0, 0.1) is 0 Å². The molecule has 0 bridgehead atoms. The Morgan fingerprint density at radius 2 is 2.11 bits per heavy atom. The minimum absolute atomic E-state index is 0.623. The Labute approximate surface area is 122 Å². The Morgan fingerprint density at radius 3 is 2.72 bits per heavy atom. The van der Waals surface area contributed by atoms with Crippen LogP contribution in [0.5, 0.6) is 0 Å². The van der Waals surface area contributed by atoms with Crippen molar-refractivity contribution in [1.29, 1.82) is 0 Å². The SMILES string of the molecule is CC(CNCc1sccc1Br)N1CCN(C)CC1. The van der Waals surface area contributed by atoms with E-state index in [0.717, 1.165) is 13.1 Å². The molecule has 0 aromatic carbocycles. The zero-order chi connectivity index (χ0) is 13.0. The van der Waals surface area contributed by atoms with E-state index < -0.39 is 0 Å². The van der Waals surface area contributed by atoms with E-state index in [2.05, 4.69) is 56.5 Å². The van der Waals surface area contributed by atoms with Gasteiger partial charge >= 0.3 is 0 Å². The van der Waals surface area contributed by atoms with E-state index in [9.17, 15) is 0 Å². The van der Waals surface area contributed by atoms with Crippen molar-refractivity contribution in [3.63, 3.8) is 0 Å². The third-order valence-electron chi connectivity index (χ3n) is 3.58. The maximum Gasteiger partial charge on any atom is 0.0327 e. The Kier molecular flexibility index (Phi) is 5.63. The van der Waals surface area contributed by atoms with Gasteiger partial charge in [-0.15, -0.1) is 11.3 Å². The van der Waals surface area contributed by atoms with Gasteiger partial charge in [-0.05, 0) is 41.3 Å². The fourth-order valence-corrected chi connectivity index (χ4v) is 3.70. The van der Waals surface area contributed by atoms with E-state index in [1.54, 1.807) is 0 Å². The van der Waals surface area contributed by atoms with E-state index in [1.165, 1.54) is 35.5 Å². The van der Waals surface area contributed by atoms with Crippen molar-refractivity contribution in [2.45, 2.75) is 19.5 Å². The van der Waals surface area contributed by atoms with E-state index in [4.69, 9.17) is 0 Å². The summed E-state index contributed by atoms with van der Waals surface area (Å²) in [7, 11) is 2.20. The Morgan fingerprint density at radius 1 is 1.39 bits per heavy atom. The van der Waals surface area contributed by atoms with Crippen molar-refractivity contribution in [3.05, 3.63) is 20.8 Å². The minimum atomic E-state index is 0.623. The van der Waals surface area contributed by atoms with E-state index >= 15 is 0 Å². The molecular weight excluding hydrogens is 310 g/mol. The lowest BCUT2D eigenvalue weighted by atomic mass is 10.2. The average Bonchev–Trinajstić information content (AvgIpc) is 2.76. The first-order chi connectivity index (χ1) is 8.66. The molecule has 1 aromatic rings. The summed E-state index contributed by atoms with van der Waals surface area (Å²) in [5, 5.41) is 5.69. The molecule has 1 saturated heterocycles. The number of likely N-dealkylation sites (N-methyl/N-ethyl adjacent to an activating group) is 1. The number of nitrogens with zero attached hydrogens (tertiary/aromatic N) is 2. The average molecular weight is 332 g/mol. The highest BCUT2D eigenvalue weighted by molar-refractivity contribution is 9.10. The maximum absolute atomic E-state index is 3.57. The molecule has 1 N–H and O–H groups in total. The number of thiophene rings is 1. The smallest absolute Gasteiger partial charge is 0.0327 e. The van der Waals surface area contributed by atoms with Crippen LogP contribution in [0.25, 0.3) is 0 Å². The molecule has 0 amide bonds. The highest BCUT2D eigenvalue weighted by Crippen LogP contribution is 2.22. The molecule has 1 fully saturated rings. The van der Waals surface area contributed by atoms with Gasteiger partial charge in [0, 0.05) is 54.7 Å². The number of hydrogen-bond acceptors (Lipinski definition) is 4. The number of halogens is 1. The van der Waals surface area contributed by atoms with Crippen LogP contribution in [0.3, 0.4) is 0 Å². The van der Waals surface area contributed by atoms with E-state index in [0.29, 0.717) is 6.04 Å². The van der Waals surface area contributed by atoms with E-state index in [-0.39, 0.29) is 0 Å². The van der Waals surface area contributed by atoms with Gasteiger partial charge in [0.15, 0.2) is 0 Å². The number of hydrogen-bond donors (Lipinski definition) is 1. The first-order valence-corrected chi connectivity index (χ1v) is 8.19. The molecule has 5 heteroatoms. The Bertz CT molecular complexity index is 361. The lowest BCUT2D eigenvalue weighted by Gasteiger charge is -2.36. The van der Waals surface area contributed by atoms with Gasteiger partial charge in [0.05, 0.1) is 0 Å². The lowest BCUT2D eigenvalue weighted by molar-refractivity contribution is 0.118. The summed E-state index contributed by atoms with van der Waals surface area (Å²) in [5.74, 6) is 0. The van der Waals surface area contributed by atoms with Crippen LogP contribution in [-0.4, -0.2) is 55.6 Å². The molecule has 0 spiro atoms. The molecule has 1 aliphatic rings. The molecule has 1 unspecified atom stereocenters. The molecule has 2 rings (SSSR count). The summed E-state index contributed by atoms with van der Waals surface area (Å²) in [5.41, 5.74) is 0. The van der Waals surface area contributed by atoms with Crippen molar-refractivity contribution in [3.8, 4) is 0 Å². The monoisotopic (exact) mass is 331 g/mol. The summed E-state index contributed by atoms with van der Waals surface area (Å²) in [4.78, 5) is 6.37. The van der Waals surface area contributed by atoms with Gasteiger partial charge in [-0.3, -0.25) is 4.90 Å². The standard InChI is InChI=1S/C13H22BrN3S/c1-11(17-6-4-16(2)5-7-17)9-15-10-13-12(14)3-8-18-13/h3,8,11,15H,4-7,9-10H2,1-2H3. The van der Waals surface area contributed by atoms with Crippen LogP contribution in [0.15, 0.2) is 15.9 Å². The second-order valence-electron chi connectivity index (χ2n) is 5.01. The van der Waals surface area contributed by atoms with Gasteiger partial charge in [-0.2, -0.15) is 0 Å². The molecule has 2 heterocycles. The molecule has 1 atom stereocenters. The third-order valence-corrected chi connectivity index (χ3v) is 5.50. The number of piperazine rings is 1.